The number of fused-ring (bicyclic) bond motifs is 5. The normalized spacial score (nSPS) is 23.5. The number of aliphatic hydroxyl groups is 1. The number of nitrogens with zero attached hydrogens (tertiary/aromatic N) is 3. The molecule has 1 aliphatic rings. The molecule has 0 radical (unpaired) electrons. The van der Waals surface area contributed by atoms with Gasteiger partial charge in [0.1, 0.15) is 36.2 Å². The third-order valence-corrected chi connectivity index (χ3v) is 10.7. The highest BCUT2D eigenvalue weighted by Crippen LogP contribution is 2.30. The zero-order chi connectivity index (χ0) is 44.4. The van der Waals surface area contributed by atoms with Crippen molar-refractivity contribution in [3.8, 4) is 11.6 Å². The van der Waals surface area contributed by atoms with Crippen LogP contribution in [0.2, 0.25) is 0 Å². The molecular formula is C43H60N4O13. The van der Waals surface area contributed by atoms with Crippen LogP contribution >= 0.6 is 0 Å². The minimum atomic E-state index is -1.14. The fraction of sp³-hybridized carbons (Fsp3) is 0.581. The molecule has 9 unspecified atom stereocenters. The van der Waals surface area contributed by atoms with Gasteiger partial charge in [-0.2, -0.15) is 4.98 Å². The molecule has 1 aliphatic heterocycles. The zero-order valence-corrected chi connectivity index (χ0v) is 35.7. The first-order chi connectivity index (χ1) is 28.6. The lowest BCUT2D eigenvalue weighted by Crippen LogP contribution is -2.34. The van der Waals surface area contributed by atoms with Gasteiger partial charge in [-0.3, -0.25) is 34.1 Å². The van der Waals surface area contributed by atoms with E-state index in [0.717, 1.165) is 6.26 Å². The third kappa shape index (κ3) is 15.2. The number of aliphatic hydroxyl groups excluding tert-OH is 1. The van der Waals surface area contributed by atoms with E-state index >= 15 is 0 Å². The van der Waals surface area contributed by atoms with Crippen molar-refractivity contribution in [2.24, 2.45) is 23.7 Å². The van der Waals surface area contributed by atoms with Gasteiger partial charge in [0.2, 0.25) is 12.3 Å². The molecule has 0 aliphatic carbocycles. The number of ketones is 2. The van der Waals surface area contributed by atoms with E-state index in [1.807, 2.05) is 20.8 Å². The lowest BCUT2D eigenvalue weighted by atomic mass is 9.86. The summed E-state index contributed by atoms with van der Waals surface area (Å²) in [6.07, 6.45) is 10.7. The first-order valence-corrected chi connectivity index (χ1v) is 20.1. The predicted molar refractivity (Wildman–Crippen MR) is 217 cm³/mol. The number of oxazole rings is 2. The van der Waals surface area contributed by atoms with Crippen molar-refractivity contribution in [1.29, 1.82) is 0 Å². The number of hydrogen-bond acceptors (Lipinski definition) is 15. The van der Waals surface area contributed by atoms with Gasteiger partial charge in [-0.25, -0.2) is 4.98 Å². The Kier molecular flexibility index (Phi) is 20.4. The van der Waals surface area contributed by atoms with Gasteiger partial charge in [-0.05, 0) is 56.1 Å². The first-order valence-electron chi connectivity index (χ1n) is 20.1. The molecule has 0 saturated heterocycles. The number of imide groups is 1. The van der Waals surface area contributed by atoms with E-state index in [2.05, 4.69) is 15.3 Å². The molecule has 0 spiro atoms. The van der Waals surface area contributed by atoms with Gasteiger partial charge in [0.15, 0.2) is 11.5 Å². The van der Waals surface area contributed by atoms with E-state index < -0.39 is 59.9 Å². The summed E-state index contributed by atoms with van der Waals surface area (Å²) in [5, 5.41) is 13.0. The second-order valence-electron chi connectivity index (χ2n) is 15.2. The molecule has 60 heavy (non-hydrogen) atoms. The van der Waals surface area contributed by atoms with Crippen LogP contribution in [0.4, 0.5) is 0 Å². The average molecular weight is 841 g/mol. The van der Waals surface area contributed by atoms with Gasteiger partial charge in [0, 0.05) is 53.3 Å². The quantitative estimate of drug-likeness (QED) is 0.135. The number of allylic oxidation sites excluding steroid dienone is 2. The number of aromatic nitrogens is 2. The zero-order valence-electron chi connectivity index (χ0n) is 35.7. The summed E-state index contributed by atoms with van der Waals surface area (Å²) in [6.45, 7) is 7.32. The van der Waals surface area contributed by atoms with E-state index in [1.165, 1.54) is 36.5 Å². The van der Waals surface area contributed by atoms with Gasteiger partial charge in [-0.1, -0.05) is 45.9 Å². The van der Waals surface area contributed by atoms with Crippen molar-refractivity contribution < 1.29 is 61.7 Å². The molecule has 17 nitrogen and oxygen atoms in total. The van der Waals surface area contributed by atoms with Crippen molar-refractivity contribution in [3.05, 3.63) is 60.7 Å². The second kappa shape index (κ2) is 24.9. The van der Waals surface area contributed by atoms with Crippen LogP contribution < -0.4 is 5.32 Å². The Balaban J connectivity index is 1.76. The Hall–Kier alpha value is -5.10. The molecule has 2 aromatic heterocycles. The summed E-state index contributed by atoms with van der Waals surface area (Å²) in [6, 6.07) is 0. The van der Waals surface area contributed by atoms with Crippen molar-refractivity contribution in [1.82, 2.24) is 20.2 Å². The van der Waals surface area contributed by atoms with Crippen molar-refractivity contribution in [2.45, 2.75) is 110 Å². The standard InChI is InChI=1S/C43H60N4O13/c1-26-13-9-10-17-38(52)46-41(54)43-45-32(24-59-43)42-44-31(23-58-42)40(57-8)29(4)33(50)15-11-14-30(49)21-39(53)60-37(26)22-36(56-7)27(2)18-19-34(51)28(3)35(55-6)16-12-20-47(5)25-48/h10-12,15,17,20,23-30,35-37,40,49H,9,13-14,16,18-19,21-22H2,1-8H3,(H,46,52,54). The van der Waals surface area contributed by atoms with Gasteiger partial charge in [0.05, 0.1) is 30.7 Å². The molecule has 0 saturated carbocycles. The van der Waals surface area contributed by atoms with Crippen molar-refractivity contribution in [3.63, 3.8) is 0 Å². The summed E-state index contributed by atoms with van der Waals surface area (Å²) >= 11 is 0. The number of hydrogen-bond donors (Lipinski definition) is 2. The molecule has 0 aromatic carbocycles. The molecule has 4 bridgehead atoms. The average Bonchev–Trinajstić information content (AvgIpc) is 3.92. The first kappa shape index (κ1) is 49.3. The third-order valence-electron chi connectivity index (χ3n) is 10.7. The van der Waals surface area contributed by atoms with Crippen LogP contribution in [0.5, 0.6) is 0 Å². The lowest BCUT2D eigenvalue weighted by Gasteiger charge is -2.31. The number of Topliss-reactive ketones (excluding diaryl/α,β-unsaturated/α-hetero) is 1. The Bertz CT molecular complexity index is 1820. The number of ether oxygens (including phenoxy) is 4. The van der Waals surface area contributed by atoms with Gasteiger partial charge >= 0.3 is 11.9 Å². The molecule has 3 amide bonds. The summed E-state index contributed by atoms with van der Waals surface area (Å²) in [4.78, 5) is 85.7. The Labute approximate surface area is 350 Å². The molecule has 17 heteroatoms. The topological polar surface area (TPSA) is 227 Å². The fourth-order valence-corrected chi connectivity index (χ4v) is 6.75. The van der Waals surface area contributed by atoms with E-state index in [0.29, 0.717) is 32.1 Å². The molecule has 330 valence electrons. The van der Waals surface area contributed by atoms with Crippen molar-refractivity contribution >= 4 is 35.8 Å². The predicted octanol–water partition coefficient (Wildman–Crippen LogP) is 5.11. The Morgan fingerprint density at radius 1 is 1.02 bits per heavy atom. The van der Waals surface area contributed by atoms with E-state index in [-0.39, 0.29) is 72.5 Å². The largest absolute Gasteiger partial charge is 0.462 e. The number of esters is 1. The van der Waals surface area contributed by atoms with E-state index in [4.69, 9.17) is 27.8 Å². The van der Waals surface area contributed by atoms with Crippen LogP contribution in [0.15, 0.2) is 57.9 Å². The van der Waals surface area contributed by atoms with Crippen LogP contribution in [-0.2, 0) is 42.9 Å². The maximum atomic E-state index is 13.3. The highest BCUT2D eigenvalue weighted by molar-refractivity contribution is 6.06. The SMILES string of the molecule is COC(CC1OC(=O)CC(O)CC=CC(=O)C(C)C(OC)c2coc(n2)-c2coc(n2)C(=O)NC(=O)C=CCCC1C)C(C)CCC(=O)C(C)C(CC=CN(C)C=O)OC. The summed E-state index contributed by atoms with van der Waals surface area (Å²) in [5.41, 5.74) is 0.361. The van der Waals surface area contributed by atoms with Crippen LogP contribution in [0, 0.1) is 23.7 Å². The highest BCUT2D eigenvalue weighted by Gasteiger charge is 2.31. The highest BCUT2D eigenvalue weighted by atomic mass is 16.5. The molecule has 2 N–H and O–H groups in total. The second-order valence-corrected chi connectivity index (χ2v) is 15.2. The Morgan fingerprint density at radius 3 is 2.42 bits per heavy atom. The summed E-state index contributed by atoms with van der Waals surface area (Å²) < 4.78 is 33.8. The monoisotopic (exact) mass is 840 g/mol. The molecule has 9 atom stereocenters. The van der Waals surface area contributed by atoms with Crippen LogP contribution in [0.25, 0.3) is 11.6 Å². The van der Waals surface area contributed by atoms with E-state index in [1.54, 1.807) is 46.5 Å². The van der Waals surface area contributed by atoms with Gasteiger partial charge < -0.3 is 37.8 Å². The number of rotatable bonds is 15. The maximum absolute atomic E-state index is 13.3. The number of nitrogens with one attached hydrogen (secondary N) is 1. The summed E-state index contributed by atoms with van der Waals surface area (Å²) in [5.74, 6) is -4.45. The van der Waals surface area contributed by atoms with Crippen LogP contribution in [-0.4, -0.2) is 109 Å². The van der Waals surface area contributed by atoms with E-state index in [9.17, 15) is 33.9 Å². The Morgan fingerprint density at radius 2 is 1.73 bits per heavy atom. The number of carbonyl (C=O) groups excluding carboxylic acids is 6. The minimum absolute atomic E-state index is 0.000200. The maximum Gasteiger partial charge on any atom is 0.313 e. The van der Waals surface area contributed by atoms with Crippen molar-refractivity contribution in [2.75, 3.05) is 28.4 Å². The van der Waals surface area contributed by atoms with Gasteiger partial charge in [0.25, 0.3) is 11.8 Å². The molecular weight excluding hydrogens is 780 g/mol. The molecule has 3 heterocycles. The molecule has 3 rings (SSSR count). The molecule has 0 fully saturated rings. The minimum Gasteiger partial charge on any atom is -0.462 e. The lowest BCUT2D eigenvalue weighted by molar-refractivity contribution is -0.156. The fourth-order valence-electron chi connectivity index (χ4n) is 6.75. The summed E-state index contributed by atoms with van der Waals surface area (Å²) in [7, 11) is 6.13. The van der Waals surface area contributed by atoms with Crippen LogP contribution in [0.3, 0.4) is 0 Å². The number of amides is 3. The molecule has 2 aromatic rings. The number of methoxy groups -OCH3 is 3. The smallest absolute Gasteiger partial charge is 0.313 e. The number of cyclic esters (lactones) is 1. The van der Waals surface area contributed by atoms with Crippen LogP contribution in [0.1, 0.15) is 102 Å². The van der Waals surface area contributed by atoms with Gasteiger partial charge in [-0.15, -0.1) is 0 Å². The number of carbonyl (C=O) groups is 6.